The molecule has 6 atom stereocenters. The van der Waals surface area contributed by atoms with Crippen LogP contribution >= 0.6 is 0 Å². The van der Waals surface area contributed by atoms with Gasteiger partial charge in [-0.05, 0) is 43.1 Å². The van der Waals surface area contributed by atoms with E-state index in [2.05, 4.69) is 34.2 Å². The summed E-state index contributed by atoms with van der Waals surface area (Å²) in [6, 6.07) is 12.7. The third-order valence-corrected chi connectivity index (χ3v) is 9.45. The van der Waals surface area contributed by atoms with Crippen molar-refractivity contribution in [2.24, 2.45) is 5.41 Å². The molecule has 1 saturated carbocycles. The van der Waals surface area contributed by atoms with Gasteiger partial charge in [0.1, 0.15) is 5.75 Å². The van der Waals surface area contributed by atoms with Crippen molar-refractivity contribution < 1.29 is 28.9 Å². The van der Waals surface area contributed by atoms with Gasteiger partial charge in [0.15, 0.2) is 6.10 Å². The minimum atomic E-state index is -2.16. The second kappa shape index (κ2) is 9.39. The first-order valence-electron chi connectivity index (χ1n) is 13.7. The van der Waals surface area contributed by atoms with Crippen molar-refractivity contribution in [2.75, 3.05) is 32.6 Å². The summed E-state index contributed by atoms with van der Waals surface area (Å²) >= 11 is 0. The Morgan fingerprint density at radius 1 is 1.18 bits per heavy atom. The first-order chi connectivity index (χ1) is 19.3. The number of fused-ring (bicyclic) bond motifs is 1. The number of hydrogen-bond donors (Lipinski definition) is 2. The summed E-state index contributed by atoms with van der Waals surface area (Å²) < 4.78 is 16.9. The average molecular weight is 543 g/mol. The first kappa shape index (κ1) is 26.4. The summed E-state index contributed by atoms with van der Waals surface area (Å²) in [5.41, 5.74) is -0.344. The zero-order valence-electron chi connectivity index (χ0n) is 23.2. The maximum Gasteiger partial charge on any atom is 0.344 e. The van der Waals surface area contributed by atoms with E-state index in [0.29, 0.717) is 18.6 Å². The Labute approximate surface area is 234 Å². The molecule has 0 radical (unpaired) electrons. The van der Waals surface area contributed by atoms with Gasteiger partial charge in [-0.25, -0.2) is 4.79 Å². The monoisotopic (exact) mass is 542 g/mol. The summed E-state index contributed by atoms with van der Waals surface area (Å²) in [6.07, 6.45) is 4.19. The van der Waals surface area contributed by atoms with Gasteiger partial charge in [-0.2, -0.15) is 0 Å². The maximum absolute atomic E-state index is 13.6. The van der Waals surface area contributed by atoms with E-state index in [0.717, 1.165) is 35.5 Å². The van der Waals surface area contributed by atoms with Crippen LogP contribution in [0.15, 0.2) is 54.6 Å². The minimum Gasteiger partial charge on any atom is -0.495 e. The second-order valence-corrected chi connectivity index (χ2v) is 11.2. The number of ether oxygens (including phenoxy) is 3. The van der Waals surface area contributed by atoms with Gasteiger partial charge >= 0.3 is 11.9 Å². The highest BCUT2D eigenvalue weighted by Gasteiger charge is 2.79. The third kappa shape index (κ3) is 3.41. The Hall–Kier alpha value is -3.80. The van der Waals surface area contributed by atoms with Crippen LogP contribution in [0.3, 0.4) is 0 Å². The number of aliphatic hydroxyl groups is 1. The molecule has 1 unspecified atom stereocenters. The van der Waals surface area contributed by atoms with Crippen LogP contribution in [0.4, 0.5) is 5.69 Å². The van der Waals surface area contributed by atoms with Gasteiger partial charge in [0, 0.05) is 47.7 Å². The van der Waals surface area contributed by atoms with E-state index < -0.39 is 40.5 Å². The Morgan fingerprint density at radius 3 is 2.62 bits per heavy atom. The van der Waals surface area contributed by atoms with Crippen LogP contribution in [0.1, 0.15) is 43.4 Å². The van der Waals surface area contributed by atoms with Crippen molar-refractivity contribution in [1.82, 2.24) is 4.90 Å². The number of esters is 2. The normalized spacial score (nSPS) is 33.0. The highest BCUT2D eigenvalue weighted by atomic mass is 16.6. The molecular formula is C32H34N2O6. The largest absolute Gasteiger partial charge is 0.495 e. The van der Waals surface area contributed by atoms with Crippen molar-refractivity contribution in [3.63, 3.8) is 0 Å². The lowest BCUT2D eigenvalue weighted by atomic mass is 9.48. The molecule has 208 valence electrons. The quantitative estimate of drug-likeness (QED) is 0.346. The Bertz CT molecular complexity index is 1460. The fourth-order valence-electron chi connectivity index (χ4n) is 8.02. The molecule has 6 rings (SSSR count). The molecule has 3 heterocycles. The topological polar surface area (TPSA) is 97.3 Å². The van der Waals surface area contributed by atoms with E-state index in [4.69, 9.17) is 14.2 Å². The van der Waals surface area contributed by atoms with Gasteiger partial charge in [-0.1, -0.05) is 49.1 Å². The van der Waals surface area contributed by atoms with Crippen molar-refractivity contribution in [3.05, 3.63) is 71.3 Å². The smallest absolute Gasteiger partial charge is 0.344 e. The van der Waals surface area contributed by atoms with Crippen LogP contribution in [0.25, 0.3) is 0 Å². The maximum atomic E-state index is 13.6. The molecule has 40 heavy (non-hydrogen) atoms. The number of benzene rings is 2. The molecule has 4 aliphatic rings. The highest BCUT2D eigenvalue weighted by Crippen LogP contribution is 2.66. The summed E-state index contributed by atoms with van der Waals surface area (Å²) in [7, 11) is 2.85. The summed E-state index contributed by atoms with van der Waals surface area (Å²) in [5.74, 6) is 5.72. The molecule has 8 heteroatoms. The van der Waals surface area contributed by atoms with Gasteiger partial charge in [-0.15, -0.1) is 0 Å². The predicted molar refractivity (Wildman–Crippen MR) is 149 cm³/mol. The molecule has 0 aromatic heterocycles. The van der Waals surface area contributed by atoms with Crippen LogP contribution in [-0.2, 0) is 24.5 Å². The van der Waals surface area contributed by atoms with Crippen LogP contribution in [0.5, 0.6) is 5.75 Å². The summed E-state index contributed by atoms with van der Waals surface area (Å²) in [5, 5.41) is 16.1. The number of methoxy groups -OCH3 is 2. The molecule has 0 amide bonds. The van der Waals surface area contributed by atoms with Crippen molar-refractivity contribution in [2.45, 2.75) is 55.9 Å². The van der Waals surface area contributed by atoms with E-state index in [-0.39, 0.29) is 6.04 Å². The zero-order valence-corrected chi connectivity index (χ0v) is 23.2. The lowest BCUT2D eigenvalue weighted by Crippen LogP contribution is -2.80. The van der Waals surface area contributed by atoms with Crippen LogP contribution in [0.2, 0.25) is 0 Å². The first-order valence-corrected chi connectivity index (χ1v) is 13.7. The van der Waals surface area contributed by atoms with E-state index in [9.17, 15) is 14.7 Å². The predicted octanol–water partition coefficient (Wildman–Crippen LogP) is 3.02. The van der Waals surface area contributed by atoms with E-state index in [1.807, 2.05) is 49.4 Å². The number of anilines is 1. The molecule has 1 saturated heterocycles. The average Bonchev–Trinajstić information content (AvgIpc) is 3.53. The van der Waals surface area contributed by atoms with Crippen LogP contribution < -0.4 is 10.1 Å². The van der Waals surface area contributed by atoms with Crippen LogP contribution in [0, 0.1) is 17.3 Å². The highest BCUT2D eigenvalue weighted by molar-refractivity contribution is 5.87. The van der Waals surface area contributed by atoms with E-state index in [1.165, 1.54) is 14.0 Å². The Morgan fingerprint density at radius 2 is 1.95 bits per heavy atom. The van der Waals surface area contributed by atoms with Crippen molar-refractivity contribution >= 4 is 17.6 Å². The molecule has 1 spiro atoms. The van der Waals surface area contributed by atoms with Crippen molar-refractivity contribution in [1.29, 1.82) is 0 Å². The molecule has 0 bridgehead atoms. The lowest BCUT2D eigenvalue weighted by molar-refractivity contribution is -0.226. The zero-order chi connectivity index (χ0) is 28.3. The fraction of sp³-hybridized carbons (Fsp3) is 0.438. The number of nitrogens with one attached hydrogen (secondary N) is 1. The van der Waals surface area contributed by atoms with Gasteiger partial charge in [-0.3, -0.25) is 9.69 Å². The number of rotatable bonds is 4. The number of hydrogen-bond acceptors (Lipinski definition) is 8. The van der Waals surface area contributed by atoms with E-state index >= 15 is 0 Å². The van der Waals surface area contributed by atoms with Crippen LogP contribution in [-0.4, -0.2) is 73.0 Å². The number of carbonyl (C=O) groups excluding carboxylic acids is 2. The molecule has 2 aromatic carbocycles. The molecule has 2 N–H and O–H groups in total. The van der Waals surface area contributed by atoms with E-state index in [1.54, 1.807) is 7.11 Å². The van der Waals surface area contributed by atoms with Crippen molar-refractivity contribution in [3.8, 4) is 17.6 Å². The lowest BCUT2D eigenvalue weighted by Gasteiger charge is -2.62. The van der Waals surface area contributed by atoms with Gasteiger partial charge in [0.05, 0.1) is 25.8 Å². The third-order valence-electron chi connectivity index (χ3n) is 9.45. The molecule has 1 aliphatic carbocycles. The molecule has 8 nitrogen and oxygen atoms in total. The molecular weight excluding hydrogens is 508 g/mol. The molecule has 2 fully saturated rings. The molecule has 2 aromatic rings. The van der Waals surface area contributed by atoms with Gasteiger partial charge < -0.3 is 24.6 Å². The molecule has 3 aliphatic heterocycles. The second-order valence-electron chi connectivity index (χ2n) is 11.2. The van der Waals surface area contributed by atoms with Gasteiger partial charge in [0.2, 0.25) is 5.60 Å². The standard InChI is InChI=1S/C32H34N2O6/c1-5-30-14-9-16-34-17-15-31(27(30)34)23-18-22(13-12-21-10-7-6-8-11-21)25(38-3)19-24(23)33-26(31)32(37,29(36)39-4)28(30)40-20(2)35/h6-11,14,18-19,26-28,33,37H,5,15-17H2,1-4H3/t26?,27-,28+,30+,31-,32-/m0/s1. The SMILES string of the molecule is CC[C@]12C=CCN3CC[C@@]4(c5cc(C#Cc6ccccc6)c(OC)cc5NC4[C@@](O)(C(=O)OC)[C@@H]1OC(C)=O)[C@@H]32. The number of nitrogens with zero attached hydrogens (tertiary/aromatic N) is 1. The number of carbonyl (C=O) groups is 2. The summed E-state index contributed by atoms with van der Waals surface area (Å²) in [6.45, 7) is 4.82. The minimum absolute atomic E-state index is 0.147. The Balaban J connectivity index is 1.61. The van der Waals surface area contributed by atoms with Gasteiger partial charge in [0.25, 0.3) is 0 Å². The summed E-state index contributed by atoms with van der Waals surface area (Å²) in [4.78, 5) is 28.5. The fourth-order valence-corrected chi connectivity index (χ4v) is 8.02. The Kier molecular flexibility index (Phi) is 6.21.